The third-order valence-electron chi connectivity index (χ3n) is 5.62. The number of ether oxygens (including phenoxy) is 1. The van der Waals surface area contributed by atoms with Gasteiger partial charge in [0, 0.05) is 12.1 Å². The second-order valence-electron chi connectivity index (χ2n) is 7.56. The van der Waals surface area contributed by atoms with Crippen LogP contribution in [0.15, 0.2) is 66.9 Å². The molecule has 8 heteroatoms. The third-order valence-corrected chi connectivity index (χ3v) is 5.62. The zero-order chi connectivity index (χ0) is 22.9. The van der Waals surface area contributed by atoms with E-state index >= 15 is 0 Å². The highest BCUT2D eigenvalue weighted by Crippen LogP contribution is 2.26. The molecule has 164 valence electrons. The number of hydrogen-bond acceptors (Lipinski definition) is 6. The predicted molar refractivity (Wildman–Crippen MR) is 121 cm³/mol. The van der Waals surface area contributed by atoms with Gasteiger partial charge in [-0.05, 0) is 25.1 Å². The SMILES string of the molecule is CCn1ncc2c(C(=O)OCCN3C(=O)c4ccccc4C3=O)cc(-c3ccccc3)nc21. The van der Waals surface area contributed by atoms with Crippen LogP contribution in [-0.2, 0) is 11.3 Å². The number of hydrogen-bond donors (Lipinski definition) is 0. The number of carbonyl (C=O) groups is 3. The van der Waals surface area contributed by atoms with Crippen LogP contribution in [0.1, 0.15) is 38.0 Å². The van der Waals surface area contributed by atoms with E-state index in [1.807, 2.05) is 37.3 Å². The maximum Gasteiger partial charge on any atom is 0.339 e. The molecule has 2 aromatic carbocycles. The van der Waals surface area contributed by atoms with Crippen LogP contribution < -0.4 is 0 Å². The Hall–Kier alpha value is -4.33. The summed E-state index contributed by atoms with van der Waals surface area (Å²) in [7, 11) is 0. The summed E-state index contributed by atoms with van der Waals surface area (Å²) < 4.78 is 7.20. The molecule has 0 radical (unpaired) electrons. The topological polar surface area (TPSA) is 94.4 Å². The van der Waals surface area contributed by atoms with Crippen molar-refractivity contribution in [2.45, 2.75) is 13.5 Å². The quantitative estimate of drug-likeness (QED) is 0.336. The summed E-state index contributed by atoms with van der Waals surface area (Å²) >= 11 is 0. The summed E-state index contributed by atoms with van der Waals surface area (Å²) in [5.41, 5.74) is 3.15. The number of amides is 2. The smallest absolute Gasteiger partial charge is 0.339 e. The van der Waals surface area contributed by atoms with Crippen molar-refractivity contribution in [1.29, 1.82) is 0 Å². The summed E-state index contributed by atoms with van der Waals surface area (Å²) in [4.78, 5) is 43.8. The van der Waals surface area contributed by atoms with Crippen molar-refractivity contribution in [2.24, 2.45) is 0 Å². The highest BCUT2D eigenvalue weighted by Gasteiger charge is 2.35. The predicted octanol–water partition coefficient (Wildman–Crippen LogP) is 3.57. The summed E-state index contributed by atoms with van der Waals surface area (Å²) in [6.07, 6.45) is 1.60. The molecule has 8 nitrogen and oxygen atoms in total. The molecular formula is C25H20N4O4. The van der Waals surface area contributed by atoms with Crippen LogP contribution in [0, 0.1) is 0 Å². The first kappa shape index (κ1) is 20.6. The second-order valence-corrected chi connectivity index (χ2v) is 7.56. The Labute approximate surface area is 189 Å². The van der Waals surface area contributed by atoms with E-state index in [0.29, 0.717) is 40.0 Å². The fourth-order valence-corrected chi connectivity index (χ4v) is 3.95. The average Bonchev–Trinajstić information content (AvgIpc) is 3.38. The van der Waals surface area contributed by atoms with E-state index in [1.165, 1.54) is 0 Å². The first-order chi connectivity index (χ1) is 16.1. The summed E-state index contributed by atoms with van der Waals surface area (Å²) in [5.74, 6) is -1.33. The van der Waals surface area contributed by atoms with Crippen LogP contribution in [0.4, 0.5) is 0 Å². The van der Waals surface area contributed by atoms with Crippen LogP contribution >= 0.6 is 0 Å². The van der Waals surface area contributed by atoms with Gasteiger partial charge in [-0.15, -0.1) is 0 Å². The summed E-state index contributed by atoms with van der Waals surface area (Å²) in [6, 6.07) is 17.9. The van der Waals surface area contributed by atoms with Gasteiger partial charge >= 0.3 is 5.97 Å². The molecular weight excluding hydrogens is 420 g/mol. The molecule has 0 N–H and O–H groups in total. The molecule has 1 aliphatic rings. The van der Waals surface area contributed by atoms with Gasteiger partial charge in [0.2, 0.25) is 0 Å². The Balaban J connectivity index is 1.38. The summed E-state index contributed by atoms with van der Waals surface area (Å²) in [6.45, 7) is 2.41. The monoisotopic (exact) mass is 440 g/mol. The molecule has 1 aliphatic heterocycles. The molecule has 0 atom stereocenters. The van der Waals surface area contributed by atoms with E-state index in [4.69, 9.17) is 9.72 Å². The van der Waals surface area contributed by atoms with Crippen molar-refractivity contribution in [3.63, 3.8) is 0 Å². The van der Waals surface area contributed by atoms with Crippen molar-refractivity contribution in [3.05, 3.63) is 83.6 Å². The van der Waals surface area contributed by atoms with E-state index in [2.05, 4.69) is 5.10 Å². The molecule has 5 rings (SSSR count). The van der Waals surface area contributed by atoms with Gasteiger partial charge in [-0.1, -0.05) is 42.5 Å². The Bertz CT molecular complexity index is 1360. The molecule has 4 aromatic rings. The summed E-state index contributed by atoms with van der Waals surface area (Å²) in [5, 5.41) is 4.91. The molecule has 0 aliphatic carbocycles. The van der Waals surface area contributed by atoms with E-state index in [0.717, 1.165) is 10.5 Å². The third kappa shape index (κ3) is 3.55. The number of pyridine rings is 1. The highest BCUT2D eigenvalue weighted by molar-refractivity contribution is 6.21. The van der Waals surface area contributed by atoms with Gasteiger partial charge in [0.1, 0.15) is 6.61 Å². The maximum absolute atomic E-state index is 13.0. The number of imide groups is 1. The molecule has 2 amide bonds. The Kier molecular flexibility index (Phi) is 5.18. The number of carbonyl (C=O) groups excluding carboxylic acids is 3. The molecule has 0 fully saturated rings. The zero-order valence-corrected chi connectivity index (χ0v) is 17.9. The van der Waals surface area contributed by atoms with E-state index in [9.17, 15) is 14.4 Å². The van der Waals surface area contributed by atoms with Crippen LogP contribution in [0.3, 0.4) is 0 Å². The van der Waals surface area contributed by atoms with E-state index in [1.54, 1.807) is 41.2 Å². The van der Waals surface area contributed by atoms with Crippen molar-refractivity contribution in [1.82, 2.24) is 19.7 Å². The number of rotatable bonds is 6. The van der Waals surface area contributed by atoms with Gasteiger partial charge in [-0.2, -0.15) is 5.10 Å². The Morgan fingerprint density at radius 2 is 1.64 bits per heavy atom. The van der Waals surface area contributed by atoms with E-state index in [-0.39, 0.29) is 25.0 Å². The fourth-order valence-electron chi connectivity index (χ4n) is 3.95. The lowest BCUT2D eigenvalue weighted by Crippen LogP contribution is -2.33. The lowest BCUT2D eigenvalue weighted by atomic mass is 10.1. The number of aryl methyl sites for hydroxylation is 1. The maximum atomic E-state index is 13.0. The number of benzene rings is 2. The van der Waals surface area contributed by atoms with Crippen LogP contribution in [-0.4, -0.2) is 50.6 Å². The van der Waals surface area contributed by atoms with Crippen molar-refractivity contribution in [2.75, 3.05) is 13.2 Å². The minimum atomic E-state index is -0.563. The number of esters is 1. The lowest BCUT2D eigenvalue weighted by Gasteiger charge is -2.14. The number of nitrogens with zero attached hydrogens (tertiary/aromatic N) is 4. The molecule has 0 bridgehead atoms. The lowest BCUT2D eigenvalue weighted by molar-refractivity contribution is 0.0422. The van der Waals surface area contributed by atoms with Crippen LogP contribution in [0.2, 0.25) is 0 Å². The molecule has 3 heterocycles. The van der Waals surface area contributed by atoms with Crippen molar-refractivity contribution in [3.8, 4) is 11.3 Å². The van der Waals surface area contributed by atoms with Gasteiger partial charge in [0.15, 0.2) is 5.65 Å². The zero-order valence-electron chi connectivity index (χ0n) is 17.9. The van der Waals surface area contributed by atoms with E-state index < -0.39 is 5.97 Å². The molecule has 0 spiro atoms. The molecule has 2 aromatic heterocycles. The number of aromatic nitrogens is 3. The standard InChI is InChI=1S/C25H20N4O4/c1-2-29-22-20(15-26-29)19(14-21(27-22)16-8-4-3-5-9-16)25(32)33-13-12-28-23(30)17-10-6-7-11-18(17)24(28)31/h3-11,14-15H,2,12-13H2,1H3. The van der Waals surface area contributed by atoms with Crippen LogP contribution in [0.25, 0.3) is 22.3 Å². The second kappa shape index (κ2) is 8.31. The van der Waals surface area contributed by atoms with Gasteiger partial charge < -0.3 is 4.74 Å². The fraction of sp³-hybridized carbons (Fsp3) is 0.160. The molecule has 0 saturated heterocycles. The first-order valence-electron chi connectivity index (χ1n) is 10.6. The number of fused-ring (bicyclic) bond motifs is 2. The minimum Gasteiger partial charge on any atom is -0.460 e. The first-order valence-corrected chi connectivity index (χ1v) is 10.6. The van der Waals surface area contributed by atoms with Gasteiger partial charge in [0.25, 0.3) is 11.8 Å². The van der Waals surface area contributed by atoms with Gasteiger partial charge in [-0.25, -0.2) is 14.5 Å². The molecule has 0 unspecified atom stereocenters. The minimum absolute atomic E-state index is 0.0217. The highest BCUT2D eigenvalue weighted by atomic mass is 16.5. The van der Waals surface area contributed by atoms with Crippen molar-refractivity contribution >= 4 is 28.8 Å². The van der Waals surface area contributed by atoms with Crippen LogP contribution in [0.5, 0.6) is 0 Å². The van der Waals surface area contributed by atoms with Gasteiger partial charge in [0.05, 0.1) is 40.5 Å². The Morgan fingerprint density at radius 3 is 2.30 bits per heavy atom. The van der Waals surface area contributed by atoms with Gasteiger partial charge in [-0.3, -0.25) is 14.5 Å². The normalized spacial score (nSPS) is 12.9. The Morgan fingerprint density at radius 1 is 0.970 bits per heavy atom. The molecule has 33 heavy (non-hydrogen) atoms. The average molecular weight is 440 g/mol. The molecule has 0 saturated carbocycles. The largest absolute Gasteiger partial charge is 0.460 e. The van der Waals surface area contributed by atoms with Crippen molar-refractivity contribution < 1.29 is 19.1 Å².